The van der Waals surface area contributed by atoms with Crippen LogP contribution in [0.3, 0.4) is 0 Å². The third-order valence-corrected chi connectivity index (χ3v) is 2.79. The van der Waals surface area contributed by atoms with Gasteiger partial charge in [0, 0.05) is 11.2 Å². The van der Waals surface area contributed by atoms with Crippen molar-refractivity contribution in [3.63, 3.8) is 0 Å². The minimum atomic E-state index is -1.02. The number of halogens is 2. The van der Waals surface area contributed by atoms with E-state index >= 15 is 0 Å². The van der Waals surface area contributed by atoms with Gasteiger partial charge in [0.05, 0.1) is 17.3 Å². The molecule has 0 spiro atoms. The molecule has 0 aliphatic rings. The number of hydrogen-bond acceptors (Lipinski definition) is 4. The van der Waals surface area contributed by atoms with E-state index in [1.165, 1.54) is 19.2 Å². The molecular weight excluding hydrogens is 289 g/mol. The molecule has 19 heavy (non-hydrogen) atoms. The van der Waals surface area contributed by atoms with E-state index in [0.29, 0.717) is 15.7 Å². The third kappa shape index (κ3) is 4.65. The van der Waals surface area contributed by atoms with Gasteiger partial charge in [0.2, 0.25) is 0 Å². The number of carbonyl (C=O) groups is 2. The van der Waals surface area contributed by atoms with Crippen molar-refractivity contribution in [2.75, 3.05) is 6.61 Å². The van der Waals surface area contributed by atoms with E-state index in [2.05, 4.69) is 4.99 Å². The molecule has 0 saturated heterocycles. The van der Waals surface area contributed by atoms with Crippen LogP contribution in [-0.4, -0.2) is 24.6 Å². The number of ketones is 1. The fourth-order valence-corrected chi connectivity index (χ4v) is 1.76. The number of rotatable bonds is 5. The molecule has 4 nitrogen and oxygen atoms in total. The van der Waals surface area contributed by atoms with Gasteiger partial charge in [0.25, 0.3) is 0 Å². The predicted molar refractivity (Wildman–Crippen MR) is 75.4 cm³/mol. The zero-order valence-electron chi connectivity index (χ0n) is 10.5. The molecule has 0 N–H and O–H groups in total. The number of aliphatic imine (C=N–C) groups is 1. The monoisotopic (exact) mass is 301 g/mol. The van der Waals surface area contributed by atoms with E-state index in [4.69, 9.17) is 27.9 Å². The van der Waals surface area contributed by atoms with Gasteiger partial charge in [-0.05, 0) is 32.0 Å². The Hall–Kier alpha value is -1.39. The lowest BCUT2D eigenvalue weighted by Crippen LogP contribution is -2.25. The van der Waals surface area contributed by atoms with Gasteiger partial charge >= 0.3 is 5.97 Å². The first-order valence-electron chi connectivity index (χ1n) is 5.62. The van der Waals surface area contributed by atoms with Crippen LogP contribution in [-0.2, 0) is 14.3 Å². The molecule has 0 aliphatic heterocycles. The number of Topliss-reactive ketones (excluding diaryl/α,β-unsaturated/α-hetero) is 1. The molecule has 0 radical (unpaired) electrons. The molecule has 1 aromatic rings. The first kappa shape index (κ1) is 15.7. The smallest absolute Gasteiger partial charge is 0.321 e. The Balaban J connectivity index is 2.92. The average Bonchev–Trinajstić information content (AvgIpc) is 2.31. The van der Waals surface area contributed by atoms with Gasteiger partial charge in [-0.15, -0.1) is 0 Å². The molecule has 0 bridgehead atoms. The van der Waals surface area contributed by atoms with Crippen LogP contribution in [0, 0.1) is 5.92 Å². The highest BCUT2D eigenvalue weighted by molar-refractivity contribution is 6.36. The standard InChI is InChI=1S/C13H13Cl2NO3/c1-3-19-13(18)10(8(2)17)7-16-12-5-4-9(14)6-11(12)15/h4-7,10H,3H2,1-2H3. The van der Waals surface area contributed by atoms with Crippen molar-refractivity contribution < 1.29 is 14.3 Å². The molecule has 6 heteroatoms. The topological polar surface area (TPSA) is 55.7 Å². The lowest BCUT2D eigenvalue weighted by atomic mass is 10.1. The normalized spacial score (nSPS) is 12.4. The van der Waals surface area contributed by atoms with Gasteiger partial charge in [-0.1, -0.05) is 23.2 Å². The summed E-state index contributed by atoms with van der Waals surface area (Å²) >= 11 is 11.7. The summed E-state index contributed by atoms with van der Waals surface area (Å²) in [5.41, 5.74) is 0.432. The second-order valence-corrected chi connectivity index (χ2v) is 4.56. The van der Waals surface area contributed by atoms with E-state index in [1.54, 1.807) is 19.1 Å². The van der Waals surface area contributed by atoms with Crippen LogP contribution in [0.4, 0.5) is 5.69 Å². The lowest BCUT2D eigenvalue weighted by Gasteiger charge is -2.07. The van der Waals surface area contributed by atoms with E-state index in [0.717, 1.165) is 0 Å². The second kappa shape index (κ2) is 7.26. The van der Waals surface area contributed by atoms with Gasteiger partial charge in [0.1, 0.15) is 5.78 Å². The van der Waals surface area contributed by atoms with Crippen molar-refractivity contribution in [3.8, 4) is 0 Å². The highest BCUT2D eigenvalue weighted by atomic mass is 35.5. The summed E-state index contributed by atoms with van der Waals surface area (Å²) in [6, 6.07) is 4.75. The summed E-state index contributed by atoms with van der Waals surface area (Å²) in [5, 5.41) is 0.826. The fraction of sp³-hybridized carbons (Fsp3) is 0.308. The van der Waals surface area contributed by atoms with Gasteiger partial charge < -0.3 is 4.74 Å². The molecule has 0 fully saturated rings. The molecule has 1 aromatic carbocycles. The fourth-order valence-electron chi connectivity index (χ4n) is 1.30. The Morgan fingerprint density at radius 2 is 2.11 bits per heavy atom. The van der Waals surface area contributed by atoms with Crippen molar-refractivity contribution in [2.45, 2.75) is 13.8 Å². The number of benzene rings is 1. The van der Waals surface area contributed by atoms with E-state index in [-0.39, 0.29) is 12.4 Å². The number of esters is 1. The molecule has 0 amide bonds. The number of ether oxygens (including phenoxy) is 1. The van der Waals surface area contributed by atoms with Crippen LogP contribution in [0.1, 0.15) is 13.8 Å². The SMILES string of the molecule is CCOC(=O)C(C=Nc1ccc(Cl)cc1Cl)C(C)=O. The van der Waals surface area contributed by atoms with Crippen molar-refractivity contribution in [3.05, 3.63) is 28.2 Å². The van der Waals surface area contributed by atoms with E-state index in [1.807, 2.05) is 0 Å². The molecule has 1 rings (SSSR count). The maximum atomic E-state index is 11.6. The number of nitrogens with zero attached hydrogens (tertiary/aromatic N) is 1. The van der Waals surface area contributed by atoms with Crippen LogP contribution in [0.5, 0.6) is 0 Å². The minimum Gasteiger partial charge on any atom is -0.465 e. The first-order valence-corrected chi connectivity index (χ1v) is 6.37. The van der Waals surface area contributed by atoms with Crippen molar-refractivity contribution in [2.24, 2.45) is 10.9 Å². The maximum absolute atomic E-state index is 11.6. The van der Waals surface area contributed by atoms with Crippen LogP contribution in [0.15, 0.2) is 23.2 Å². The van der Waals surface area contributed by atoms with Crippen LogP contribution in [0.25, 0.3) is 0 Å². The molecule has 0 aromatic heterocycles. The lowest BCUT2D eigenvalue weighted by molar-refractivity contribution is -0.148. The van der Waals surface area contributed by atoms with Crippen LogP contribution < -0.4 is 0 Å². The van der Waals surface area contributed by atoms with Gasteiger partial charge in [-0.25, -0.2) is 0 Å². The summed E-state index contributed by atoms with van der Waals surface area (Å²) in [7, 11) is 0. The van der Waals surface area contributed by atoms with E-state index in [9.17, 15) is 9.59 Å². The molecule has 0 heterocycles. The van der Waals surface area contributed by atoms with Crippen LogP contribution in [0.2, 0.25) is 10.0 Å². The van der Waals surface area contributed by atoms with Gasteiger partial charge in [-0.3, -0.25) is 14.6 Å². The summed E-state index contributed by atoms with van der Waals surface area (Å²) in [4.78, 5) is 27.0. The van der Waals surface area contributed by atoms with E-state index < -0.39 is 11.9 Å². The molecule has 102 valence electrons. The zero-order valence-corrected chi connectivity index (χ0v) is 12.0. The summed E-state index contributed by atoms with van der Waals surface area (Å²) in [6.45, 7) is 3.18. The Bertz CT molecular complexity index is 515. The summed E-state index contributed by atoms with van der Waals surface area (Å²) in [5.74, 6) is -1.98. The highest BCUT2D eigenvalue weighted by Gasteiger charge is 2.22. The van der Waals surface area contributed by atoms with Crippen molar-refractivity contribution in [1.29, 1.82) is 0 Å². The maximum Gasteiger partial charge on any atom is 0.321 e. The molecular formula is C13H13Cl2NO3. The predicted octanol–water partition coefficient (Wildman–Crippen LogP) is 3.46. The zero-order chi connectivity index (χ0) is 14.4. The first-order chi connectivity index (χ1) is 8.95. The molecule has 1 unspecified atom stereocenters. The average molecular weight is 302 g/mol. The minimum absolute atomic E-state index is 0.207. The Kier molecular flexibility index (Phi) is 5.99. The Labute approximate surface area is 121 Å². The largest absolute Gasteiger partial charge is 0.465 e. The van der Waals surface area contributed by atoms with Crippen LogP contribution >= 0.6 is 23.2 Å². The summed E-state index contributed by atoms with van der Waals surface area (Å²) in [6.07, 6.45) is 1.23. The molecule has 0 aliphatic carbocycles. The van der Waals surface area contributed by atoms with Gasteiger partial charge in [0.15, 0.2) is 5.92 Å². The summed E-state index contributed by atoms with van der Waals surface area (Å²) < 4.78 is 4.80. The Morgan fingerprint density at radius 1 is 1.42 bits per heavy atom. The van der Waals surface area contributed by atoms with Gasteiger partial charge in [-0.2, -0.15) is 0 Å². The third-order valence-electron chi connectivity index (χ3n) is 2.25. The number of carbonyl (C=O) groups excluding carboxylic acids is 2. The Morgan fingerprint density at radius 3 is 2.63 bits per heavy atom. The number of hydrogen-bond donors (Lipinski definition) is 0. The quantitative estimate of drug-likeness (QED) is 0.475. The highest BCUT2D eigenvalue weighted by Crippen LogP contribution is 2.27. The molecule has 1 atom stereocenters. The second-order valence-electron chi connectivity index (χ2n) is 3.71. The molecule has 0 saturated carbocycles. The van der Waals surface area contributed by atoms with Crippen molar-refractivity contribution in [1.82, 2.24) is 0 Å². The van der Waals surface area contributed by atoms with Crippen molar-refractivity contribution >= 4 is 46.9 Å².